The van der Waals surface area contributed by atoms with Crippen LogP contribution >= 0.6 is 0 Å². The smallest absolute Gasteiger partial charge is 0.251 e. The summed E-state index contributed by atoms with van der Waals surface area (Å²) >= 11 is 0. The zero-order chi connectivity index (χ0) is 25.2. The number of methoxy groups -OCH3 is 1. The minimum Gasteiger partial charge on any atom is -0.495 e. The third-order valence-electron chi connectivity index (χ3n) is 6.73. The summed E-state index contributed by atoms with van der Waals surface area (Å²) in [6, 6.07) is 11.4. The Morgan fingerprint density at radius 1 is 1.06 bits per heavy atom. The average molecular weight is 500 g/mol. The molecule has 2 amide bonds. The molecule has 1 saturated heterocycles. The third-order valence-corrected chi connectivity index (χ3v) is 8.76. The summed E-state index contributed by atoms with van der Waals surface area (Å²) in [7, 11) is -2.39. The van der Waals surface area contributed by atoms with Crippen molar-refractivity contribution in [1.29, 1.82) is 0 Å². The second kappa shape index (κ2) is 10.4. The van der Waals surface area contributed by atoms with Gasteiger partial charge in [0, 0.05) is 29.8 Å². The Labute approximate surface area is 207 Å². The molecule has 4 rings (SSSR count). The summed E-state index contributed by atoms with van der Waals surface area (Å²) < 4.78 is 33.7. The topological polar surface area (TPSA) is 105 Å². The van der Waals surface area contributed by atoms with Gasteiger partial charge in [0.1, 0.15) is 10.6 Å². The highest BCUT2D eigenvalue weighted by atomic mass is 32.2. The molecule has 0 aromatic heterocycles. The van der Waals surface area contributed by atoms with Crippen LogP contribution in [0.15, 0.2) is 47.4 Å². The summed E-state index contributed by atoms with van der Waals surface area (Å²) in [5.74, 6) is 0.0122. The van der Waals surface area contributed by atoms with Gasteiger partial charge >= 0.3 is 0 Å². The molecule has 2 unspecified atom stereocenters. The van der Waals surface area contributed by atoms with Gasteiger partial charge in [-0.3, -0.25) is 9.59 Å². The van der Waals surface area contributed by atoms with Crippen LogP contribution in [-0.2, 0) is 14.8 Å². The van der Waals surface area contributed by atoms with Gasteiger partial charge in [-0.15, -0.1) is 0 Å². The number of anilines is 1. The van der Waals surface area contributed by atoms with E-state index in [0.29, 0.717) is 6.54 Å². The highest BCUT2D eigenvalue weighted by Crippen LogP contribution is 2.32. The van der Waals surface area contributed by atoms with Crippen molar-refractivity contribution < 1.29 is 22.7 Å². The number of amides is 2. The van der Waals surface area contributed by atoms with E-state index in [0.717, 1.165) is 43.4 Å². The molecule has 0 spiro atoms. The van der Waals surface area contributed by atoms with Crippen molar-refractivity contribution in [3.63, 3.8) is 0 Å². The van der Waals surface area contributed by atoms with Crippen molar-refractivity contribution in [3.8, 4) is 5.75 Å². The van der Waals surface area contributed by atoms with Crippen molar-refractivity contribution in [2.24, 2.45) is 5.92 Å². The molecule has 9 heteroatoms. The monoisotopic (exact) mass is 499 g/mol. The van der Waals surface area contributed by atoms with Crippen LogP contribution in [0.4, 0.5) is 5.69 Å². The highest BCUT2D eigenvalue weighted by Gasteiger charge is 2.34. The molecule has 0 bridgehead atoms. The number of ether oxygens (including phenoxy) is 1. The maximum atomic E-state index is 13.4. The first-order valence-corrected chi connectivity index (χ1v) is 13.6. The van der Waals surface area contributed by atoms with Crippen LogP contribution in [-0.4, -0.2) is 44.2 Å². The quantitative estimate of drug-likeness (QED) is 0.569. The average Bonchev–Trinajstić information content (AvgIpc) is 3.70. The number of nitrogens with zero attached hydrogens (tertiary/aromatic N) is 1. The number of nitrogens with one attached hydrogen (secondary N) is 2. The van der Waals surface area contributed by atoms with Gasteiger partial charge in [-0.1, -0.05) is 18.6 Å². The molecule has 8 nitrogen and oxygen atoms in total. The number of hydrogen-bond acceptors (Lipinski definition) is 5. The highest BCUT2D eigenvalue weighted by molar-refractivity contribution is 7.89. The summed E-state index contributed by atoms with van der Waals surface area (Å²) in [5, 5.41) is 5.83. The molecule has 2 aromatic rings. The minimum atomic E-state index is -3.81. The van der Waals surface area contributed by atoms with Crippen LogP contribution in [0.2, 0.25) is 0 Å². The van der Waals surface area contributed by atoms with Crippen molar-refractivity contribution >= 4 is 27.5 Å². The normalized spacial score (nSPS) is 19.6. The fourth-order valence-electron chi connectivity index (χ4n) is 4.38. The maximum Gasteiger partial charge on any atom is 0.251 e. The van der Waals surface area contributed by atoms with Crippen LogP contribution in [0.3, 0.4) is 0 Å². The zero-order valence-corrected chi connectivity index (χ0v) is 21.2. The Hall–Kier alpha value is -2.91. The second-order valence-corrected chi connectivity index (χ2v) is 11.3. The number of sulfonamides is 1. The number of carbonyl (C=O) groups is 2. The van der Waals surface area contributed by atoms with Crippen LogP contribution in [0.5, 0.6) is 5.75 Å². The van der Waals surface area contributed by atoms with Crippen molar-refractivity contribution in [2.45, 2.75) is 62.9 Å². The Bertz CT molecular complexity index is 1190. The SMILES string of the molecule is COc1ccc(C(=O)NC(C)c2ccc(NC(=O)C3CC3)cc2)cc1S(=O)(=O)N1CCCCC1C. The molecule has 1 heterocycles. The largest absolute Gasteiger partial charge is 0.495 e. The summed E-state index contributed by atoms with van der Waals surface area (Å²) in [6.07, 6.45) is 4.50. The van der Waals surface area contributed by atoms with Gasteiger partial charge in [-0.2, -0.15) is 4.31 Å². The molecular weight excluding hydrogens is 466 g/mol. The van der Waals surface area contributed by atoms with Crippen molar-refractivity contribution in [3.05, 3.63) is 53.6 Å². The Morgan fingerprint density at radius 2 is 1.77 bits per heavy atom. The van der Waals surface area contributed by atoms with Gasteiger partial charge in [0.2, 0.25) is 15.9 Å². The molecule has 1 aliphatic carbocycles. The first kappa shape index (κ1) is 25.2. The summed E-state index contributed by atoms with van der Waals surface area (Å²) in [6.45, 7) is 4.22. The fourth-order valence-corrected chi connectivity index (χ4v) is 6.27. The number of hydrogen-bond donors (Lipinski definition) is 2. The molecule has 2 fully saturated rings. The van der Waals surface area contributed by atoms with Crippen LogP contribution < -0.4 is 15.4 Å². The van der Waals surface area contributed by atoms with E-state index in [4.69, 9.17) is 4.74 Å². The van der Waals surface area contributed by atoms with Gasteiger partial charge in [-0.05, 0) is 75.4 Å². The molecule has 2 N–H and O–H groups in total. The summed E-state index contributed by atoms with van der Waals surface area (Å²) in [4.78, 5) is 25.0. The first-order valence-electron chi connectivity index (χ1n) is 12.1. The van der Waals surface area contributed by atoms with E-state index in [2.05, 4.69) is 10.6 Å². The lowest BCUT2D eigenvalue weighted by molar-refractivity contribution is -0.117. The molecule has 2 aliphatic rings. The molecule has 1 aliphatic heterocycles. The Morgan fingerprint density at radius 3 is 2.40 bits per heavy atom. The molecule has 2 aromatic carbocycles. The van der Waals surface area contributed by atoms with E-state index in [-0.39, 0.29) is 46.0 Å². The third kappa shape index (κ3) is 5.67. The lowest BCUT2D eigenvalue weighted by atomic mass is 10.1. The standard InChI is InChI=1S/C26H33N3O5S/c1-17-6-4-5-15-29(17)35(32,33)24-16-21(11-14-23(24)34-3)26(31)27-18(2)19-9-12-22(13-10-19)28-25(30)20-7-8-20/h9-14,16-18,20H,4-8,15H2,1-3H3,(H,27,31)(H,28,30). The van der Waals surface area contributed by atoms with Gasteiger partial charge in [0.25, 0.3) is 5.91 Å². The molecule has 188 valence electrons. The fraction of sp³-hybridized carbons (Fsp3) is 0.462. The second-order valence-electron chi connectivity index (χ2n) is 9.41. The van der Waals surface area contributed by atoms with E-state index >= 15 is 0 Å². The van der Waals surface area contributed by atoms with Crippen molar-refractivity contribution in [2.75, 3.05) is 19.0 Å². The van der Waals surface area contributed by atoms with E-state index in [1.54, 1.807) is 6.07 Å². The molecular formula is C26H33N3O5S. The Kier molecular flexibility index (Phi) is 7.47. The molecule has 2 atom stereocenters. The van der Waals surface area contributed by atoms with E-state index in [9.17, 15) is 18.0 Å². The summed E-state index contributed by atoms with van der Waals surface area (Å²) in [5.41, 5.74) is 1.83. The van der Waals surface area contributed by atoms with E-state index < -0.39 is 10.0 Å². The zero-order valence-electron chi connectivity index (χ0n) is 20.4. The lowest BCUT2D eigenvalue weighted by Gasteiger charge is -2.32. The minimum absolute atomic E-state index is 0.00445. The first-order chi connectivity index (χ1) is 16.7. The predicted molar refractivity (Wildman–Crippen MR) is 134 cm³/mol. The van der Waals surface area contributed by atoms with Crippen LogP contribution in [0, 0.1) is 5.92 Å². The lowest BCUT2D eigenvalue weighted by Crippen LogP contribution is -2.42. The van der Waals surface area contributed by atoms with E-state index in [1.165, 1.54) is 23.5 Å². The molecule has 1 saturated carbocycles. The number of carbonyl (C=O) groups excluding carboxylic acids is 2. The molecule has 0 radical (unpaired) electrons. The van der Waals surface area contributed by atoms with Gasteiger partial charge < -0.3 is 15.4 Å². The van der Waals surface area contributed by atoms with Gasteiger partial charge in [-0.25, -0.2) is 8.42 Å². The van der Waals surface area contributed by atoms with Gasteiger partial charge in [0.05, 0.1) is 13.2 Å². The van der Waals surface area contributed by atoms with Crippen LogP contribution in [0.25, 0.3) is 0 Å². The Balaban J connectivity index is 1.48. The number of piperidine rings is 1. The number of rotatable bonds is 8. The molecule has 35 heavy (non-hydrogen) atoms. The predicted octanol–water partition coefficient (Wildman–Crippen LogP) is 4.10. The maximum absolute atomic E-state index is 13.4. The van der Waals surface area contributed by atoms with Gasteiger partial charge in [0.15, 0.2) is 0 Å². The van der Waals surface area contributed by atoms with Crippen LogP contribution in [0.1, 0.15) is 67.9 Å². The number of benzene rings is 2. The van der Waals surface area contributed by atoms with Crippen molar-refractivity contribution in [1.82, 2.24) is 9.62 Å². The van der Waals surface area contributed by atoms with E-state index in [1.807, 2.05) is 38.1 Å².